The minimum absolute atomic E-state index is 0.0855. The van der Waals surface area contributed by atoms with Crippen molar-refractivity contribution in [1.29, 1.82) is 0 Å². The van der Waals surface area contributed by atoms with Gasteiger partial charge in [0.2, 0.25) is 0 Å². The molecule has 30 heavy (non-hydrogen) atoms. The molecule has 3 aromatic rings. The van der Waals surface area contributed by atoms with Crippen molar-refractivity contribution in [1.82, 2.24) is 0 Å². The molecule has 0 bridgehead atoms. The summed E-state index contributed by atoms with van der Waals surface area (Å²) >= 11 is 1.38. The van der Waals surface area contributed by atoms with Crippen molar-refractivity contribution in [3.8, 4) is 16.9 Å². The second kappa shape index (κ2) is 10.5. The van der Waals surface area contributed by atoms with Crippen molar-refractivity contribution >= 4 is 23.4 Å². The van der Waals surface area contributed by atoms with Gasteiger partial charge in [-0.3, -0.25) is 14.9 Å². The number of nitrogens with zero attached hydrogens (tertiary/aromatic N) is 1. The summed E-state index contributed by atoms with van der Waals surface area (Å²) in [5.74, 6) is 0.646. The second-order valence-electron chi connectivity index (χ2n) is 6.48. The number of carbonyl (C=O) groups is 1. The molecule has 0 heterocycles. The summed E-state index contributed by atoms with van der Waals surface area (Å²) in [6.07, 6.45) is 0. The van der Waals surface area contributed by atoms with E-state index in [9.17, 15) is 14.9 Å². The van der Waals surface area contributed by atoms with Crippen LogP contribution in [0.5, 0.6) is 5.75 Å². The van der Waals surface area contributed by atoms with Crippen LogP contribution in [0.4, 0.5) is 5.69 Å². The normalized spacial score (nSPS) is 10.4. The van der Waals surface area contributed by atoms with Crippen LogP contribution in [0.2, 0.25) is 0 Å². The Hall–Kier alpha value is -3.32. The highest BCUT2D eigenvalue weighted by atomic mass is 32.2. The molecule has 0 spiro atoms. The Morgan fingerprint density at radius 2 is 1.63 bits per heavy atom. The zero-order chi connectivity index (χ0) is 21.3. The Balaban J connectivity index is 1.67. The molecule has 3 rings (SSSR count). The monoisotopic (exact) mass is 423 g/mol. The van der Waals surface area contributed by atoms with E-state index in [0.29, 0.717) is 5.75 Å². The van der Waals surface area contributed by atoms with Crippen molar-refractivity contribution in [2.75, 3.05) is 12.9 Å². The minimum atomic E-state index is -0.459. The molecule has 0 saturated heterocycles. The maximum Gasteiger partial charge on any atom is 0.315 e. The van der Waals surface area contributed by atoms with Crippen LogP contribution in [0.3, 0.4) is 0 Å². The predicted molar refractivity (Wildman–Crippen MR) is 117 cm³/mol. The van der Waals surface area contributed by atoms with Crippen molar-refractivity contribution in [2.24, 2.45) is 0 Å². The number of nitro benzene ring substituents is 1. The number of carbonyl (C=O) groups excluding carboxylic acids is 1. The minimum Gasteiger partial charge on any atom is -0.482 e. The van der Waals surface area contributed by atoms with Crippen LogP contribution in [0.1, 0.15) is 11.1 Å². The Morgan fingerprint density at radius 1 is 0.967 bits per heavy atom. The fourth-order valence-corrected chi connectivity index (χ4v) is 3.61. The van der Waals surface area contributed by atoms with Crippen LogP contribution in [0, 0.1) is 10.1 Å². The third-order valence-corrected chi connectivity index (χ3v) is 5.37. The van der Waals surface area contributed by atoms with Gasteiger partial charge in [0.1, 0.15) is 6.61 Å². The van der Waals surface area contributed by atoms with Gasteiger partial charge in [-0.05, 0) is 28.3 Å². The summed E-state index contributed by atoms with van der Waals surface area (Å²) in [4.78, 5) is 22.1. The van der Waals surface area contributed by atoms with E-state index in [1.54, 1.807) is 12.1 Å². The Labute approximate surface area is 179 Å². The van der Waals surface area contributed by atoms with E-state index < -0.39 is 4.92 Å². The molecule has 0 amide bonds. The van der Waals surface area contributed by atoms with Gasteiger partial charge in [0.25, 0.3) is 0 Å². The zero-order valence-electron chi connectivity index (χ0n) is 16.4. The van der Waals surface area contributed by atoms with E-state index in [1.165, 1.54) is 24.9 Å². The summed E-state index contributed by atoms with van der Waals surface area (Å²) in [5.41, 5.74) is 3.88. The van der Waals surface area contributed by atoms with Gasteiger partial charge in [-0.15, -0.1) is 11.8 Å². The van der Waals surface area contributed by atoms with Gasteiger partial charge >= 0.3 is 11.7 Å². The van der Waals surface area contributed by atoms with Gasteiger partial charge < -0.3 is 9.47 Å². The Kier molecular flexibility index (Phi) is 7.45. The topological polar surface area (TPSA) is 78.7 Å². The SMILES string of the molecule is COC(=O)CSCc1ccc([N+](=O)[O-])c(OCc2ccc(-c3ccccc3)cc2)c1. The number of methoxy groups -OCH3 is 1. The Morgan fingerprint density at radius 3 is 2.30 bits per heavy atom. The van der Waals surface area contributed by atoms with Gasteiger partial charge in [-0.2, -0.15) is 0 Å². The van der Waals surface area contributed by atoms with Crippen LogP contribution in [0.25, 0.3) is 11.1 Å². The van der Waals surface area contributed by atoms with Crippen LogP contribution < -0.4 is 4.74 Å². The van der Waals surface area contributed by atoms with Crippen molar-refractivity contribution < 1.29 is 19.2 Å². The van der Waals surface area contributed by atoms with E-state index in [0.717, 1.165) is 22.3 Å². The number of rotatable bonds is 9. The van der Waals surface area contributed by atoms with Crippen LogP contribution in [0.15, 0.2) is 72.8 Å². The van der Waals surface area contributed by atoms with Gasteiger partial charge in [0, 0.05) is 11.8 Å². The lowest BCUT2D eigenvalue weighted by Crippen LogP contribution is -2.03. The molecule has 0 aromatic heterocycles. The summed E-state index contributed by atoms with van der Waals surface area (Å²) in [5, 5.41) is 11.3. The first-order valence-electron chi connectivity index (χ1n) is 9.26. The molecule has 154 valence electrons. The van der Waals surface area contributed by atoms with Gasteiger partial charge in [0.05, 0.1) is 17.8 Å². The molecule has 0 radical (unpaired) electrons. The number of hydrogen-bond acceptors (Lipinski definition) is 6. The van der Waals surface area contributed by atoms with Crippen molar-refractivity contribution in [3.63, 3.8) is 0 Å². The molecule has 0 N–H and O–H groups in total. The van der Waals surface area contributed by atoms with Gasteiger partial charge in [-0.25, -0.2) is 0 Å². The summed E-state index contributed by atoms with van der Waals surface area (Å²) in [6, 6.07) is 22.7. The van der Waals surface area contributed by atoms with Crippen molar-refractivity contribution in [2.45, 2.75) is 12.4 Å². The molecular weight excluding hydrogens is 402 g/mol. The maximum absolute atomic E-state index is 11.3. The van der Waals surface area contributed by atoms with Crippen LogP contribution >= 0.6 is 11.8 Å². The first-order valence-corrected chi connectivity index (χ1v) is 10.4. The summed E-state index contributed by atoms with van der Waals surface area (Å²) in [7, 11) is 1.34. The molecular formula is C23H21NO5S. The average molecular weight is 423 g/mol. The third-order valence-electron chi connectivity index (χ3n) is 4.39. The second-order valence-corrected chi connectivity index (χ2v) is 7.47. The quantitative estimate of drug-likeness (QED) is 0.266. The fourth-order valence-electron chi connectivity index (χ4n) is 2.81. The molecule has 7 heteroatoms. The van der Waals surface area contributed by atoms with Gasteiger partial charge in [0.15, 0.2) is 5.75 Å². The van der Waals surface area contributed by atoms with Crippen LogP contribution in [-0.2, 0) is 21.9 Å². The number of thioether (sulfide) groups is 1. The molecule has 0 aliphatic carbocycles. The molecule has 0 fully saturated rings. The maximum atomic E-state index is 11.3. The van der Waals surface area contributed by atoms with Crippen molar-refractivity contribution in [3.05, 3.63) is 94.0 Å². The number of esters is 1. The average Bonchev–Trinajstić information content (AvgIpc) is 2.78. The highest BCUT2D eigenvalue weighted by Gasteiger charge is 2.16. The number of ether oxygens (including phenoxy) is 2. The standard InChI is InChI=1S/C23H21NO5S/c1-28-23(25)16-30-15-18-9-12-21(24(26)27)22(13-18)29-14-17-7-10-20(11-8-17)19-5-3-2-4-6-19/h2-13H,14-16H2,1H3. The molecule has 0 atom stereocenters. The molecule has 0 aliphatic rings. The van der Waals surface area contributed by atoms with E-state index >= 15 is 0 Å². The predicted octanol–water partition coefficient (Wildman–Crippen LogP) is 5.25. The van der Waals surface area contributed by atoms with Gasteiger partial charge in [-0.1, -0.05) is 60.7 Å². The smallest absolute Gasteiger partial charge is 0.315 e. The molecule has 0 aliphatic heterocycles. The number of hydrogen-bond donors (Lipinski definition) is 0. The Bertz CT molecular complexity index is 1010. The van der Waals surface area contributed by atoms with E-state index in [4.69, 9.17) is 4.74 Å². The lowest BCUT2D eigenvalue weighted by Gasteiger charge is -2.10. The van der Waals surface area contributed by atoms with Crippen LogP contribution in [-0.4, -0.2) is 23.8 Å². The third kappa shape index (κ3) is 5.84. The highest BCUT2D eigenvalue weighted by Crippen LogP contribution is 2.30. The molecule has 0 saturated carbocycles. The molecule has 6 nitrogen and oxygen atoms in total. The largest absolute Gasteiger partial charge is 0.482 e. The molecule has 3 aromatic carbocycles. The van der Waals surface area contributed by atoms with E-state index in [2.05, 4.69) is 4.74 Å². The fraction of sp³-hybridized carbons (Fsp3) is 0.174. The number of benzene rings is 3. The van der Waals surface area contributed by atoms with E-state index in [-0.39, 0.29) is 29.8 Å². The highest BCUT2D eigenvalue weighted by molar-refractivity contribution is 7.99. The summed E-state index contributed by atoms with van der Waals surface area (Å²) < 4.78 is 10.4. The first kappa shape index (κ1) is 21.4. The molecule has 0 unspecified atom stereocenters. The first-order chi connectivity index (χ1) is 14.6. The number of nitro groups is 1. The van der Waals surface area contributed by atoms with E-state index in [1.807, 2.05) is 54.6 Å². The lowest BCUT2D eigenvalue weighted by molar-refractivity contribution is -0.386. The summed E-state index contributed by atoms with van der Waals surface area (Å²) in [6.45, 7) is 0.217. The zero-order valence-corrected chi connectivity index (χ0v) is 17.3. The lowest BCUT2D eigenvalue weighted by atomic mass is 10.0.